The van der Waals surface area contributed by atoms with Crippen LogP contribution in [0, 0.1) is 5.92 Å². The van der Waals surface area contributed by atoms with E-state index in [1.165, 1.54) is 0 Å². The first-order valence-electron chi connectivity index (χ1n) is 7.33. The maximum atomic E-state index is 11.8. The molecule has 1 rings (SSSR count). The van der Waals surface area contributed by atoms with Crippen molar-refractivity contribution < 1.29 is 19.4 Å². The number of piperidine rings is 1. The first-order chi connectivity index (χ1) is 9.69. The number of rotatable bonds is 5. The summed E-state index contributed by atoms with van der Waals surface area (Å²) in [5.41, 5.74) is 5.02. The molecule has 4 N–H and O–H groups in total. The number of carbonyl (C=O) groups is 2. The van der Waals surface area contributed by atoms with Gasteiger partial charge < -0.3 is 20.9 Å². The van der Waals surface area contributed by atoms with Crippen LogP contribution >= 0.6 is 0 Å². The molecule has 0 aliphatic carbocycles. The fraction of sp³-hybridized carbons (Fsp3) is 0.857. The number of nitrogens with one attached hydrogen (secondary N) is 1. The van der Waals surface area contributed by atoms with Crippen LogP contribution in [0.1, 0.15) is 33.6 Å². The van der Waals surface area contributed by atoms with Gasteiger partial charge in [0.05, 0.1) is 0 Å². The Balaban J connectivity index is 2.58. The molecule has 1 aliphatic heterocycles. The van der Waals surface area contributed by atoms with Crippen molar-refractivity contribution in [3.05, 3.63) is 0 Å². The van der Waals surface area contributed by atoms with Gasteiger partial charge in [-0.05, 0) is 33.1 Å². The number of nitrogens with two attached hydrogens (primary N) is 1. The Morgan fingerprint density at radius 2 is 2.05 bits per heavy atom. The van der Waals surface area contributed by atoms with E-state index in [-0.39, 0.29) is 18.4 Å². The second-order valence-corrected chi connectivity index (χ2v) is 6.59. The van der Waals surface area contributed by atoms with Crippen LogP contribution in [-0.4, -0.2) is 59.9 Å². The van der Waals surface area contributed by atoms with Crippen LogP contribution in [0.5, 0.6) is 0 Å². The Hall–Kier alpha value is -1.34. The van der Waals surface area contributed by atoms with E-state index in [1.807, 2.05) is 0 Å². The number of likely N-dealkylation sites (tertiary alicyclic amines) is 1. The normalized spacial score (nSPS) is 23.6. The Morgan fingerprint density at radius 1 is 1.38 bits per heavy atom. The Bertz CT molecular complexity index is 368. The molecule has 7 nitrogen and oxygen atoms in total. The number of nitrogens with zero attached hydrogens (tertiary/aromatic N) is 1. The molecule has 0 spiro atoms. The number of aliphatic carboxylic acids is 1. The number of carboxylic acid groups (broad SMARTS) is 1. The molecule has 0 aromatic carbocycles. The lowest BCUT2D eigenvalue weighted by atomic mass is 9.91. The molecule has 2 atom stereocenters. The van der Waals surface area contributed by atoms with E-state index < -0.39 is 17.7 Å². The van der Waals surface area contributed by atoms with Crippen molar-refractivity contribution in [2.24, 2.45) is 11.7 Å². The molecule has 0 radical (unpaired) electrons. The third-order valence-corrected chi connectivity index (χ3v) is 3.24. The summed E-state index contributed by atoms with van der Waals surface area (Å²) >= 11 is 0. The maximum Gasteiger partial charge on any atom is 0.407 e. The Labute approximate surface area is 125 Å². The molecule has 2 unspecified atom stereocenters. The number of hydrogen-bond acceptors (Lipinski definition) is 5. The van der Waals surface area contributed by atoms with Gasteiger partial charge in [0.15, 0.2) is 0 Å². The van der Waals surface area contributed by atoms with Gasteiger partial charge in [0, 0.05) is 38.6 Å². The molecule has 21 heavy (non-hydrogen) atoms. The first kappa shape index (κ1) is 17.7. The molecule has 1 amide bonds. The van der Waals surface area contributed by atoms with Crippen LogP contribution in [0.4, 0.5) is 4.79 Å². The van der Waals surface area contributed by atoms with Crippen LogP contribution in [0.2, 0.25) is 0 Å². The fourth-order valence-corrected chi connectivity index (χ4v) is 2.64. The number of carboxylic acids is 1. The zero-order valence-corrected chi connectivity index (χ0v) is 13.1. The minimum atomic E-state index is -0.814. The standard InChI is InChI=1S/C14H27N3O4/c1-14(2,3)21-13(20)16-11-6-10(7-12(18)19)8-17(9-11)5-4-15/h10-11H,4-9,15H2,1-3H3,(H,16,20)(H,18,19). The highest BCUT2D eigenvalue weighted by Gasteiger charge is 2.30. The predicted molar refractivity (Wildman–Crippen MR) is 79.0 cm³/mol. The molecule has 1 fully saturated rings. The average Bonchev–Trinajstić information content (AvgIpc) is 2.24. The molecule has 1 heterocycles. The fourth-order valence-electron chi connectivity index (χ4n) is 2.64. The van der Waals surface area contributed by atoms with Crippen LogP contribution in [0.15, 0.2) is 0 Å². The second-order valence-electron chi connectivity index (χ2n) is 6.59. The number of hydrogen-bond donors (Lipinski definition) is 3. The average molecular weight is 301 g/mol. The topological polar surface area (TPSA) is 105 Å². The van der Waals surface area contributed by atoms with Crippen molar-refractivity contribution in [1.82, 2.24) is 10.2 Å². The van der Waals surface area contributed by atoms with Crippen LogP contribution < -0.4 is 11.1 Å². The summed E-state index contributed by atoms with van der Waals surface area (Å²) in [5, 5.41) is 11.8. The summed E-state index contributed by atoms with van der Waals surface area (Å²) in [6.45, 7) is 8.01. The lowest BCUT2D eigenvalue weighted by Crippen LogP contribution is -2.52. The molecule has 0 bridgehead atoms. The monoisotopic (exact) mass is 301 g/mol. The molecule has 0 aromatic rings. The summed E-state index contributed by atoms with van der Waals surface area (Å²) in [7, 11) is 0. The van der Waals surface area contributed by atoms with Gasteiger partial charge in [-0.25, -0.2) is 4.79 Å². The smallest absolute Gasteiger partial charge is 0.407 e. The number of ether oxygens (including phenoxy) is 1. The summed E-state index contributed by atoms with van der Waals surface area (Å²) < 4.78 is 5.24. The largest absolute Gasteiger partial charge is 0.481 e. The van der Waals surface area contributed by atoms with Gasteiger partial charge in [-0.3, -0.25) is 9.69 Å². The number of carbonyl (C=O) groups excluding carboxylic acids is 1. The molecule has 0 aromatic heterocycles. The maximum absolute atomic E-state index is 11.8. The summed E-state index contributed by atoms with van der Waals surface area (Å²) in [6.07, 6.45) is 0.288. The van der Waals surface area contributed by atoms with Crippen molar-refractivity contribution in [3.8, 4) is 0 Å². The van der Waals surface area contributed by atoms with Gasteiger partial charge in [-0.1, -0.05) is 0 Å². The van der Waals surface area contributed by atoms with Crippen LogP contribution in [0.3, 0.4) is 0 Å². The highest BCUT2D eigenvalue weighted by atomic mass is 16.6. The van der Waals surface area contributed by atoms with Gasteiger partial charge in [-0.2, -0.15) is 0 Å². The number of amides is 1. The molecule has 0 saturated carbocycles. The lowest BCUT2D eigenvalue weighted by molar-refractivity contribution is -0.138. The van der Waals surface area contributed by atoms with Crippen molar-refractivity contribution >= 4 is 12.1 Å². The Kier molecular flexibility index (Phi) is 6.42. The van der Waals surface area contributed by atoms with Gasteiger partial charge in [0.2, 0.25) is 0 Å². The molecule has 1 saturated heterocycles. The van der Waals surface area contributed by atoms with Crippen LogP contribution in [-0.2, 0) is 9.53 Å². The lowest BCUT2D eigenvalue weighted by Gasteiger charge is -2.37. The third-order valence-electron chi connectivity index (χ3n) is 3.24. The summed E-state index contributed by atoms with van der Waals surface area (Å²) in [5.74, 6) is -0.798. The van der Waals surface area contributed by atoms with E-state index in [0.717, 1.165) is 0 Å². The van der Waals surface area contributed by atoms with Crippen molar-refractivity contribution in [2.45, 2.75) is 45.3 Å². The van der Waals surface area contributed by atoms with Gasteiger partial charge >= 0.3 is 12.1 Å². The van der Waals surface area contributed by atoms with E-state index in [2.05, 4.69) is 10.2 Å². The van der Waals surface area contributed by atoms with Gasteiger partial charge in [0.25, 0.3) is 0 Å². The van der Waals surface area contributed by atoms with E-state index >= 15 is 0 Å². The van der Waals surface area contributed by atoms with Gasteiger partial charge in [0.1, 0.15) is 5.60 Å². The molecular formula is C14H27N3O4. The summed E-state index contributed by atoms with van der Waals surface area (Å²) in [4.78, 5) is 24.8. The molecule has 7 heteroatoms. The predicted octanol–water partition coefficient (Wildman–Crippen LogP) is 0.635. The Morgan fingerprint density at radius 3 is 2.57 bits per heavy atom. The number of alkyl carbamates (subject to hydrolysis) is 1. The SMILES string of the molecule is CC(C)(C)OC(=O)NC1CC(CC(=O)O)CN(CCN)C1. The third kappa shape index (κ3) is 7.29. The molecule has 1 aliphatic rings. The first-order valence-corrected chi connectivity index (χ1v) is 7.33. The zero-order valence-electron chi connectivity index (χ0n) is 13.1. The van der Waals surface area contributed by atoms with Crippen molar-refractivity contribution in [3.63, 3.8) is 0 Å². The zero-order chi connectivity index (χ0) is 16.0. The molecular weight excluding hydrogens is 274 g/mol. The highest BCUT2D eigenvalue weighted by Crippen LogP contribution is 2.20. The minimum Gasteiger partial charge on any atom is -0.481 e. The van der Waals surface area contributed by atoms with E-state index in [0.29, 0.717) is 32.6 Å². The van der Waals surface area contributed by atoms with Crippen molar-refractivity contribution in [1.29, 1.82) is 0 Å². The summed E-state index contributed by atoms with van der Waals surface area (Å²) in [6, 6.07) is -0.107. The van der Waals surface area contributed by atoms with Gasteiger partial charge in [-0.15, -0.1) is 0 Å². The van der Waals surface area contributed by atoms with Crippen LogP contribution in [0.25, 0.3) is 0 Å². The quantitative estimate of drug-likeness (QED) is 0.688. The second kappa shape index (κ2) is 7.61. The minimum absolute atomic E-state index is 0.0164. The van der Waals surface area contributed by atoms with E-state index in [9.17, 15) is 9.59 Å². The highest BCUT2D eigenvalue weighted by molar-refractivity contribution is 5.68. The van der Waals surface area contributed by atoms with E-state index in [4.69, 9.17) is 15.6 Å². The van der Waals surface area contributed by atoms with Crippen molar-refractivity contribution in [2.75, 3.05) is 26.2 Å². The molecule has 122 valence electrons. The van der Waals surface area contributed by atoms with E-state index in [1.54, 1.807) is 20.8 Å².